The van der Waals surface area contributed by atoms with Gasteiger partial charge >= 0.3 is 5.97 Å². The van der Waals surface area contributed by atoms with Gasteiger partial charge in [-0.25, -0.2) is 4.79 Å². The van der Waals surface area contributed by atoms with Crippen LogP contribution in [0.5, 0.6) is 0 Å². The van der Waals surface area contributed by atoms with Crippen LogP contribution >= 0.6 is 0 Å². The highest BCUT2D eigenvalue weighted by Gasteiger charge is 2.75. The van der Waals surface area contributed by atoms with Crippen molar-refractivity contribution < 1.29 is 59.9 Å². The number of ether oxygens (including phenoxy) is 3. The molecule has 2 heterocycles. The van der Waals surface area contributed by atoms with Crippen LogP contribution in [0, 0.1) is 28.6 Å². The number of carbonyl (C=O) groups is 1. The smallest absolute Gasteiger partial charge is 0.331 e. The fourth-order valence-electron chi connectivity index (χ4n) is 10.1. The van der Waals surface area contributed by atoms with Crippen LogP contribution < -0.4 is 0 Å². The molecule has 12 nitrogen and oxygen atoms in total. The number of carbonyl (C=O) groups excluding carboxylic acids is 1. The quantitative estimate of drug-likeness (QED) is 0.140. The molecule has 5 unspecified atom stereocenters. The van der Waals surface area contributed by atoms with Gasteiger partial charge in [-0.05, 0) is 56.4 Å². The zero-order chi connectivity index (χ0) is 29.7. The van der Waals surface area contributed by atoms with Crippen molar-refractivity contribution in [2.24, 2.45) is 28.6 Å². The Morgan fingerprint density at radius 2 is 1.76 bits per heavy atom. The molecule has 0 amide bonds. The van der Waals surface area contributed by atoms with E-state index in [0.29, 0.717) is 19.3 Å². The lowest BCUT2D eigenvalue weighted by atomic mass is 9.40. The Hall–Kier alpha value is -1.19. The predicted octanol–water partition coefficient (Wildman–Crippen LogP) is -1.51. The average Bonchev–Trinajstić information content (AvgIpc) is 3.45. The van der Waals surface area contributed by atoms with Gasteiger partial charge in [0.25, 0.3) is 0 Å². The summed E-state index contributed by atoms with van der Waals surface area (Å²) < 4.78 is 16.7. The summed E-state index contributed by atoms with van der Waals surface area (Å²) >= 11 is 0. The number of hydrogen-bond acceptors (Lipinski definition) is 12. The largest absolute Gasteiger partial charge is 0.458 e. The van der Waals surface area contributed by atoms with E-state index in [-0.39, 0.29) is 38.2 Å². The summed E-state index contributed by atoms with van der Waals surface area (Å²) in [5.41, 5.74) is -4.46. The molecule has 0 bridgehead atoms. The van der Waals surface area contributed by atoms with E-state index in [1.54, 1.807) is 0 Å². The average molecular weight is 585 g/mol. The van der Waals surface area contributed by atoms with Crippen molar-refractivity contribution in [3.63, 3.8) is 0 Å². The Labute approximate surface area is 238 Å². The Morgan fingerprint density at radius 1 is 1.02 bits per heavy atom. The summed E-state index contributed by atoms with van der Waals surface area (Å²) in [5, 5.41) is 89.6. The van der Waals surface area contributed by atoms with Crippen LogP contribution in [0.1, 0.15) is 58.8 Å². The first-order valence-electron chi connectivity index (χ1n) is 14.9. The minimum absolute atomic E-state index is 0.0369. The zero-order valence-corrected chi connectivity index (χ0v) is 23.5. The molecule has 6 rings (SSSR count). The van der Waals surface area contributed by atoms with E-state index in [1.807, 2.05) is 6.92 Å². The van der Waals surface area contributed by atoms with E-state index in [0.717, 1.165) is 5.57 Å². The number of cyclic esters (lactones) is 1. The molecule has 4 aliphatic carbocycles. The summed E-state index contributed by atoms with van der Waals surface area (Å²) in [4.78, 5) is 11.8. The Morgan fingerprint density at radius 3 is 2.41 bits per heavy atom. The Bertz CT molecular complexity index is 1080. The van der Waals surface area contributed by atoms with Crippen molar-refractivity contribution in [3.05, 3.63) is 11.6 Å². The van der Waals surface area contributed by atoms with Crippen LogP contribution in [0.25, 0.3) is 0 Å². The van der Waals surface area contributed by atoms with Crippen molar-refractivity contribution in [3.8, 4) is 0 Å². The van der Waals surface area contributed by atoms with Crippen LogP contribution in [-0.4, -0.2) is 120 Å². The summed E-state index contributed by atoms with van der Waals surface area (Å²) in [6.45, 7) is 3.00. The third-order valence-corrected chi connectivity index (χ3v) is 12.2. The van der Waals surface area contributed by atoms with Gasteiger partial charge in [0, 0.05) is 30.3 Å². The third kappa shape index (κ3) is 3.99. The molecule has 0 aromatic carbocycles. The van der Waals surface area contributed by atoms with Crippen molar-refractivity contribution in [2.45, 2.75) is 119 Å². The maximum absolute atomic E-state index is 12.4. The molecule has 1 saturated heterocycles. The topological polar surface area (TPSA) is 207 Å². The first-order valence-corrected chi connectivity index (χ1v) is 14.9. The number of esters is 1. The lowest BCUT2D eigenvalue weighted by molar-refractivity contribution is -0.342. The van der Waals surface area contributed by atoms with Gasteiger partial charge in [-0.1, -0.05) is 6.92 Å². The Kier molecular flexibility index (Phi) is 7.22. The van der Waals surface area contributed by atoms with Crippen LogP contribution in [0.15, 0.2) is 11.6 Å². The van der Waals surface area contributed by atoms with E-state index < -0.39 is 95.5 Å². The number of fused-ring (bicyclic) bond motifs is 5. The minimum Gasteiger partial charge on any atom is -0.458 e. The highest BCUT2D eigenvalue weighted by Crippen LogP contribution is 2.70. The maximum Gasteiger partial charge on any atom is 0.331 e. The third-order valence-electron chi connectivity index (χ3n) is 12.2. The van der Waals surface area contributed by atoms with Gasteiger partial charge in [-0.15, -0.1) is 0 Å². The summed E-state index contributed by atoms with van der Waals surface area (Å²) in [6.07, 6.45) is -6.68. The van der Waals surface area contributed by atoms with Crippen molar-refractivity contribution in [1.82, 2.24) is 0 Å². The van der Waals surface area contributed by atoms with Crippen molar-refractivity contribution in [1.29, 1.82) is 0 Å². The highest BCUT2D eigenvalue weighted by molar-refractivity contribution is 5.85. The maximum atomic E-state index is 12.4. The standard InChI is InChI=1S/C29H44O12/c1-13-22(34)23(35)24(36)25(40-13)41-15-8-19(32)28(12-30)21-17(3-5-27(28,37)9-15)29(38)6-4-16(14-7-20(33)39-11-14)26(29,2)10-18(21)31/h7,13,15-19,21-25,30-32,34-38H,3-6,8-12H2,1-2H3/t13?,15-,16+,17+,18?,19+,21?,22-,23?,24?,25-,26+,27-,28+,29-/m0/s1. The molecule has 12 heteroatoms. The number of rotatable bonds is 4. The van der Waals surface area contributed by atoms with Gasteiger partial charge in [-0.3, -0.25) is 0 Å². The zero-order valence-electron chi connectivity index (χ0n) is 23.5. The molecule has 0 aromatic heterocycles. The number of aliphatic hydroxyl groups excluding tert-OH is 6. The highest BCUT2D eigenvalue weighted by atomic mass is 16.7. The molecule has 232 valence electrons. The van der Waals surface area contributed by atoms with E-state index in [4.69, 9.17) is 14.2 Å². The molecule has 2 aliphatic heterocycles. The summed E-state index contributed by atoms with van der Waals surface area (Å²) in [7, 11) is 0. The molecule has 0 aromatic rings. The monoisotopic (exact) mass is 584 g/mol. The number of aliphatic hydroxyl groups is 8. The van der Waals surface area contributed by atoms with Gasteiger partial charge in [0.05, 0.1) is 47.6 Å². The Balaban J connectivity index is 1.28. The lowest BCUT2D eigenvalue weighted by Gasteiger charge is -2.68. The molecule has 0 radical (unpaired) electrons. The number of hydrogen-bond donors (Lipinski definition) is 8. The molecule has 8 N–H and O–H groups in total. The van der Waals surface area contributed by atoms with Gasteiger partial charge in [-0.2, -0.15) is 0 Å². The molecule has 4 saturated carbocycles. The van der Waals surface area contributed by atoms with Gasteiger partial charge in [0.2, 0.25) is 0 Å². The molecule has 0 spiro atoms. The first-order chi connectivity index (χ1) is 19.2. The molecule has 15 atom stereocenters. The lowest BCUT2D eigenvalue weighted by Crippen LogP contribution is -2.76. The van der Waals surface area contributed by atoms with E-state index in [2.05, 4.69) is 0 Å². The van der Waals surface area contributed by atoms with E-state index in [1.165, 1.54) is 13.0 Å². The second kappa shape index (κ2) is 9.91. The SMILES string of the molecule is CC1O[C@@H](O[C@H]2C[C@@H](O)[C@]3(CO)C4C(O)C[C@]5(C)[C@@H](C6=CC(=O)OC6)CC[C@]5(O)[C@@H]4CC[C@]3(O)C2)C(O)C(O)[C@H]1O. The fourth-order valence-corrected chi connectivity index (χ4v) is 10.1. The second-order valence-electron chi connectivity index (χ2n) is 13.8. The normalized spacial score (nSPS) is 56.9. The summed E-state index contributed by atoms with van der Waals surface area (Å²) in [6, 6.07) is 0. The molecular formula is C29H44O12. The molecule has 6 aliphatic rings. The fraction of sp³-hybridized carbons (Fsp3) is 0.897. The second-order valence-corrected chi connectivity index (χ2v) is 13.8. The first kappa shape index (κ1) is 29.9. The molecular weight excluding hydrogens is 540 g/mol. The summed E-state index contributed by atoms with van der Waals surface area (Å²) in [5.74, 6) is -1.93. The van der Waals surface area contributed by atoms with Crippen LogP contribution in [0.3, 0.4) is 0 Å². The van der Waals surface area contributed by atoms with Crippen LogP contribution in [0.4, 0.5) is 0 Å². The van der Waals surface area contributed by atoms with Crippen LogP contribution in [-0.2, 0) is 19.0 Å². The van der Waals surface area contributed by atoms with Gasteiger partial charge in [0.15, 0.2) is 6.29 Å². The van der Waals surface area contributed by atoms with Gasteiger partial charge in [0.1, 0.15) is 24.9 Å². The van der Waals surface area contributed by atoms with E-state index in [9.17, 15) is 45.6 Å². The van der Waals surface area contributed by atoms with Crippen molar-refractivity contribution >= 4 is 5.97 Å². The molecule has 5 fully saturated rings. The van der Waals surface area contributed by atoms with Crippen molar-refractivity contribution in [2.75, 3.05) is 13.2 Å². The minimum atomic E-state index is -1.67. The van der Waals surface area contributed by atoms with Gasteiger partial charge < -0.3 is 55.1 Å². The molecule has 41 heavy (non-hydrogen) atoms. The van der Waals surface area contributed by atoms with Crippen LogP contribution in [0.2, 0.25) is 0 Å². The predicted molar refractivity (Wildman–Crippen MR) is 139 cm³/mol. The van der Waals surface area contributed by atoms with E-state index >= 15 is 0 Å².